The van der Waals surface area contributed by atoms with Gasteiger partial charge in [-0.1, -0.05) is 6.42 Å². The first kappa shape index (κ1) is 23.0. The summed E-state index contributed by atoms with van der Waals surface area (Å²) in [5, 5.41) is 20.3. The third kappa shape index (κ3) is 3.67. The normalized spacial score (nSPS) is 22.2. The smallest absolute Gasteiger partial charge is 0.240 e. The highest BCUT2D eigenvalue weighted by atomic mass is 16.2. The number of aromatic nitrogens is 3. The molecule has 180 valence electrons. The molecule has 2 saturated carbocycles. The summed E-state index contributed by atoms with van der Waals surface area (Å²) >= 11 is 0. The number of nitrogens with one attached hydrogen (secondary N) is 1. The fourth-order valence-electron chi connectivity index (χ4n) is 5.55. The molecule has 1 unspecified atom stereocenters. The van der Waals surface area contributed by atoms with Gasteiger partial charge in [-0.2, -0.15) is 10.5 Å². The average molecular weight is 471 g/mol. The maximum absolute atomic E-state index is 11.0. The highest BCUT2D eigenvalue weighted by Crippen LogP contribution is 2.56. The molecular formula is C26H30N8O. The fraction of sp³-hybridized carbons (Fsp3) is 0.538. The largest absolute Gasteiger partial charge is 0.358 e. The van der Waals surface area contributed by atoms with Crippen molar-refractivity contribution in [2.24, 2.45) is 5.41 Å². The number of hydrogen-bond acceptors (Lipinski definition) is 8. The first-order valence-electron chi connectivity index (χ1n) is 12.4. The maximum atomic E-state index is 11.0. The zero-order valence-electron chi connectivity index (χ0n) is 20.3. The summed E-state index contributed by atoms with van der Waals surface area (Å²) in [7, 11) is 1.57. The SMILES string of the molecule is CC1CCN1c1ncnc2c1C1(CCC1)CN2c1cc(C#N)ccn1.CNC(=O)C1(C#N)CCC1. The number of hydrogen-bond donors (Lipinski definition) is 1. The van der Waals surface area contributed by atoms with Crippen molar-refractivity contribution >= 4 is 23.4 Å². The molecular weight excluding hydrogens is 440 g/mol. The van der Waals surface area contributed by atoms with Crippen LogP contribution in [-0.4, -0.2) is 47.0 Å². The van der Waals surface area contributed by atoms with E-state index in [4.69, 9.17) is 5.26 Å². The van der Waals surface area contributed by atoms with Crippen LogP contribution in [0.2, 0.25) is 0 Å². The van der Waals surface area contributed by atoms with E-state index in [1.807, 2.05) is 6.07 Å². The van der Waals surface area contributed by atoms with Crippen LogP contribution in [0, 0.1) is 28.1 Å². The minimum atomic E-state index is -0.672. The third-order valence-electron chi connectivity index (χ3n) is 8.19. The van der Waals surface area contributed by atoms with Crippen LogP contribution in [0.1, 0.15) is 63.0 Å². The lowest BCUT2D eigenvalue weighted by atomic mass is 9.66. The van der Waals surface area contributed by atoms with Crippen molar-refractivity contribution in [2.45, 2.75) is 63.3 Å². The summed E-state index contributed by atoms with van der Waals surface area (Å²) in [5.41, 5.74) is 1.41. The molecule has 3 fully saturated rings. The van der Waals surface area contributed by atoms with Crippen LogP contribution >= 0.6 is 0 Å². The Morgan fingerprint density at radius 1 is 1.14 bits per heavy atom. The Kier molecular flexibility index (Phi) is 5.80. The molecule has 1 N–H and O–H groups in total. The van der Waals surface area contributed by atoms with E-state index in [1.54, 1.807) is 25.6 Å². The molecule has 2 aromatic heterocycles. The second-order valence-corrected chi connectivity index (χ2v) is 10.1. The summed E-state index contributed by atoms with van der Waals surface area (Å²) in [5.74, 6) is 2.78. The average Bonchev–Trinajstić information content (AvgIpc) is 3.20. The van der Waals surface area contributed by atoms with Crippen LogP contribution in [-0.2, 0) is 10.2 Å². The molecule has 2 aromatic rings. The summed E-state index contributed by atoms with van der Waals surface area (Å²) in [6, 6.07) is 8.41. The second-order valence-electron chi connectivity index (χ2n) is 10.1. The number of carbonyl (C=O) groups is 1. The number of nitrogens with zero attached hydrogens (tertiary/aromatic N) is 7. The Bertz CT molecular complexity index is 1220. The van der Waals surface area contributed by atoms with Gasteiger partial charge in [0.2, 0.25) is 5.91 Å². The molecule has 1 amide bonds. The molecule has 4 aliphatic rings. The van der Waals surface area contributed by atoms with Crippen LogP contribution < -0.4 is 15.1 Å². The number of fused-ring (bicyclic) bond motifs is 2. The van der Waals surface area contributed by atoms with E-state index in [0.717, 1.165) is 49.8 Å². The number of anilines is 3. The van der Waals surface area contributed by atoms with E-state index in [2.05, 4.69) is 49.1 Å². The predicted molar refractivity (Wildman–Crippen MR) is 131 cm³/mol. The highest BCUT2D eigenvalue weighted by molar-refractivity contribution is 5.86. The molecule has 1 saturated heterocycles. The molecule has 9 heteroatoms. The molecule has 2 aliphatic heterocycles. The summed E-state index contributed by atoms with van der Waals surface area (Å²) in [6.07, 6.45) is 10.7. The van der Waals surface area contributed by atoms with Gasteiger partial charge in [0.05, 0.1) is 17.7 Å². The zero-order valence-corrected chi connectivity index (χ0v) is 20.3. The van der Waals surface area contributed by atoms with Crippen molar-refractivity contribution in [3.05, 3.63) is 35.8 Å². The van der Waals surface area contributed by atoms with E-state index in [-0.39, 0.29) is 11.3 Å². The van der Waals surface area contributed by atoms with Crippen LogP contribution in [0.15, 0.2) is 24.7 Å². The van der Waals surface area contributed by atoms with Crippen LogP contribution in [0.25, 0.3) is 0 Å². The lowest BCUT2D eigenvalue weighted by molar-refractivity contribution is -0.131. The minimum Gasteiger partial charge on any atom is -0.358 e. The molecule has 1 spiro atoms. The fourth-order valence-corrected chi connectivity index (χ4v) is 5.55. The van der Waals surface area contributed by atoms with Crippen molar-refractivity contribution in [1.29, 1.82) is 10.5 Å². The molecule has 6 rings (SSSR count). The summed E-state index contributed by atoms with van der Waals surface area (Å²) in [4.78, 5) is 29.4. The summed E-state index contributed by atoms with van der Waals surface area (Å²) < 4.78 is 0. The topological polar surface area (TPSA) is 122 Å². The minimum absolute atomic E-state index is 0.124. The first-order valence-corrected chi connectivity index (χ1v) is 12.4. The van der Waals surface area contributed by atoms with Crippen molar-refractivity contribution < 1.29 is 4.79 Å². The molecule has 0 bridgehead atoms. The van der Waals surface area contributed by atoms with Gasteiger partial charge in [0.25, 0.3) is 0 Å². The van der Waals surface area contributed by atoms with Gasteiger partial charge < -0.3 is 15.1 Å². The Labute approximate surface area is 205 Å². The van der Waals surface area contributed by atoms with Crippen LogP contribution in [0.4, 0.5) is 17.5 Å². The van der Waals surface area contributed by atoms with Gasteiger partial charge >= 0.3 is 0 Å². The monoisotopic (exact) mass is 470 g/mol. The number of rotatable bonds is 3. The third-order valence-corrected chi connectivity index (χ3v) is 8.19. The zero-order chi connectivity index (χ0) is 24.6. The second kappa shape index (κ2) is 8.81. The van der Waals surface area contributed by atoms with E-state index in [1.165, 1.54) is 31.2 Å². The first-order chi connectivity index (χ1) is 17.0. The number of pyridine rings is 1. The Morgan fingerprint density at radius 3 is 2.37 bits per heavy atom. The molecule has 35 heavy (non-hydrogen) atoms. The van der Waals surface area contributed by atoms with Crippen LogP contribution in [0.3, 0.4) is 0 Å². The maximum Gasteiger partial charge on any atom is 0.240 e. The molecule has 1 atom stereocenters. The highest BCUT2D eigenvalue weighted by Gasteiger charge is 2.51. The van der Waals surface area contributed by atoms with Crippen molar-refractivity contribution in [2.75, 3.05) is 29.9 Å². The molecule has 9 nitrogen and oxygen atoms in total. The van der Waals surface area contributed by atoms with E-state index in [9.17, 15) is 10.1 Å². The molecule has 2 aliphatic carbocycles. The number of amides is 1. The molecule has 0 radical (unpaired) electrons. The van der Waals surface area contributed by atoms with Gasteiger partial charge in [0, 0.05) is 43.4 Å². The Hall–Kier alpha value is -3.72. The van der Waals surface area contributed by atoms with Gasteiger partial charge in [0.15, 0.2) is 0 Å². The quantitative estimate of drug-likeness (QED) is 0.725. The summed E-state index contributed by atoms with van der Waals surface area (Å²) in [6.45, 7) is 4.22. The molecule has 4 heterocycles. The van der Waals surface area contributed by atoms with Crippen molar-refractivity contribution in [3.63, 3.8) is 0 Å². The van der Waals surface area contributed by atoms with E-state index in [0.29, 0.717) is 11.6 Å². The Balaban J connectivity index is 0.000000214. The van der Waals surface area contributed by atoms with Gasteiger partial charge in [-0.05, 0) is 57.6 Å². The molecule has 0 aromatic carbocycles. The van der Waals surface area contributed by atoms with Crippen LogP contribution in [0.5, 0.6) is 0 Å². The van der Waals surface area contributed by atoms with Crippen molar-refractivity contribution in [1.82, 2.24) is 20.3 Å². The van der Waals surface area contributed by atoms with Gasteiger partial charge in [-0.25, -0.2) is 15.0 Å². The predicted octanol–water partition coefficient (Wildman–Crippen LogP) is 3.34. The van der Waals surface area contributed by atoms with Gasteiger partial charge in [-0.3, -0.25) is 4.79 Å². The van der Waals surface area contributed by atoms with Gasteiger partial charge in [0.1, 0.15) is 29.2 Å². The number of nitriles is 2. The van der Waals surface area contributed by atoms with Gasteiger partial charge in [-0.15, -0.1) is 0 Å². The Morgan fingerprint density at radius 2 is 1.89 bits per heavy atom. The van der Waals surface area contributed by atoms with E-state index >= 15 is 0 Å². The van der Waals surface area contributed by atoms with Crippen molar-refractivity contribution in [3.8, 4) is 12.1 Å². The lowest BCUT2D eigenvalue weighted by Crippen LogP contribution is -2.48. The standard InChI is InChI=1S/C19H20N6.C7H10N2O/c1-13-4-8-24(13)17-16-18(23-12-22-17)25(11-19(16)5-2-6-19)15-9-14(10-20)3-7-21-15;1-9-6(10)7(5-8)3-2-4-7/h3,7,9,12-13H,2,4-6,8,11H2,1H3;2-4H2,1H3,(H,9,10). The number of carbonyl (C=O) groups excluding carboxylic acids is 1. The lowest BCUT2D eigenvalue weighted by Gasteiger charge is -2.44. The van der Waals surface area contributed by atoms with E-state index < -0.39 is 5.41 Å².